The number of halogens is 1. The molecular weight excluding hydrogens is 314 g/mol. The molecule has 1 N–H and O–H groups in total. The summed E-state index contributed by atoms with van der Waals surface area (Å²) < 4.78 is 1.04. The van der Waals surface area contributed by atoms with Crippen LogP contribution in [-0.4, -0.2) is 18.2 Å². The third kappa shape index (κ3) is 4.09. The number of nitrogens with zero attached hydrogens (tertiary/aromatic N) is 1. The SMILES string of the molecule is CCN(CCC(O)c1ccc(Br)cc1)c1ccccc1. The molecule has 1 unspecified atom stereocenters. The first-order valence-electron chi connectivity index (χ1n) is 6.94. The average molecular weight is 334 g/mol. The fourth-order valence-corrected chi connectivity index (χ4v) is 2.50. The van der Waals surface area contributed by atoms with Crippen LogP contribution in [0.1, 0.15) is 25.0 Å². The van der Waals surface area contributed by atoms with E-state index in [0.29, 0.717) is 0 Å². The van der Waals surface area contributed by atoms with Crippen LogP contribution in [0.4, 0.5) is 5.69 Å². The van der Waals surface area contributed by atoms with Gasteiger partial charge in [0.2, 0.25) is 0 Å². The second-order valence-corrected chi connectivity index (χ2v) is 5.69. The van der Waals surface area contributed by atoms with E-state index in [9.17, 15) is 5.11 Å². The van der Waals surface area contributed by atoms with Crippen molar-refractivity contribution in [2.24, 2.45) is 0 Å². The molecule has 0 amide bonds. The van der Waals surface area contributed by atoms with Gasteiger partial charge in [0, 0.05) is 23.2 Å². The number of aliphatic hydroxyl groups is 1. The molecule has 2 aromatic carbocycles. The number of hydrogen-bond donors (Lipinski definition) is 1. The highest BCUT2D eigenvalue weighted by molar-refractivity contribution is 9.10. The fraction of sp³-hybridized carbons (Fsp3) is 0.294. The Morgan fingerprint density at radius 2 is 1.70 bits per heavy atom. The van der Waals surface area contributed by atoms with Gasteiger partial charge in [0.15, 0.2) is 0 Å². The van der Waals surface area contributed by atoms with E-state index in [1.165, 1.54) is 5.69 Å². The lowest BCUT2D eigenvalue weighted by Crippen LogP contribution is -2.25. The standard InChI is InChI=1S/C17H20BrNO/c1-2-19(16-6-4-3-5-7-16)13-12-17(20)14-8-10-15(18)11-9-14/h3-11,17,20H,2,12-13H2,1H3. The Labute approximate surface area is 129 Å². The van der Waals surface area contributed by atoms with Crippen LogP contribution in [0.2, 0.25) is 0 Å². The number of aliphatic hydroxyl groups excluding tert-OH is 1. The van der Waals surface area contributed by atoms with Crippen molar-refractivity contribution in [3.05, 3.63) is 64.6 Å². The van der Waals surface area contributed by atoms with Crippen molar-refractivity contribution in [2.45, 2.75) is 19.4 Å². The van der Waals surface area contributed by atoms with Crippen molar-refractivity contribution >= 4 is 21.6 Å². The van der Waals surface area contributed by atoms with Crippen molar-refractivity contribution in [2.75, 3.05) is 18.0 Å². The van der Waals surface area contributed by atoms with Crippen molar-refractivity contribution in [1.29, 1.82) is 0 Å². The summed E-state index contributed by atoms with van der Waals surface area (Å²) in [6.45, 7) is 3.92. The summed E-state index contributed by atoms with van der Waals surface area (Å²) in [4.78, 5) is 2.28. The second-order valence-electron chi connectivity index (χ2n) is 4.77. The van der Waals surface area contributed by atoms with Gasteiger partial charge in [-0.1, -0.05) is 46.3 Å². The van der Waals surface area contributed by atoms with Crippen LogP contribution in [0.5, 0.6) is 0 Å². The highest BCUT2D eigenvalue weighted by Crippen LogP contribution is 2.21. The Morgan fingerprint density at radius 1 is 1.05 bits per heavy atom. The van der Waals surface area contributed by atoms with Crippen molar-refractivity contribution in [3.63, 3.8) is 0 Å². The lowest BCUT2D eigenvalue weighted by atomic mass is 10.1. The van der Waals surface area contributed by atoms with E-state index in [4.69, 9.17) is 0 Å². The highest BCUT2D eigenvalue weighted by atomic mass is 79.9. The zero-order valence-corrected chi connectivity index (χ0v) is 13.3. The molecule has 0 aliphatic rings. The quantitative estimate of drug-likeness (QED) is 0.846. The molecule has 3 heteroatoms. The van der Waals surface area contributed by atoms with Gasteiger partial charge < -0.3 is 10.0 Å². The minimum atomic E-state index is -0.416. The summed E-state index contributed by atoms with van der Waals surface area (Å²) in [6, 6.07) is 18.2. The maximum absolute atomic E-state index is 10.3. The van der Waals surface area contributed by atoms with E-state index in [1.54, 1.807) is 0 Å². The van der Waals surface area contributed by atoms with Crippen molar-refractivity contribution in [3.8, 4) is 0 Å². The minimum absolute atomic E-state index is 0.416. The minimum Gasteiger partial charge on any atom is -0.388 e. The van der Waals surface area contributed by atoms with E-state index < -0.39 is 6.10 Å². The fourth-order valence-electron chi connectivity index (χ4n) is 2.24. The topological polar surface area (TPSA) is 23.5 Å². The Bertz CT molecular complexity index is 512. The van der Waals surface area contributed by atoms with Crippen LogP contribution in [0.25, 0.3) is 0 Å². The van der Waals surface area contributed by atoms with Gasteiger partial charge >= 0.3 is 0 Å². The van der Waals surface area contributed by atoms with E-state index >= 15 is 0 Å². The Balaban J connectivity index is 1.94. The molecule has 0 spiro atoms. The third-order valence-electron chi connectivity index (χ3n) is 3.43. The van der Waals surface area contributed by atoms with E-state index in [2.05, 4.69) is 39.9 Å². The maximum Gasteiger partial charge on any atom is 0.0806 e. The molecular formula is C17H20BrNO. The molecule has 20 heavy (non-hydrogen) atoms. The van der Waals surface area contributed by atoms with Gasteiger partial charge in [-0.2, -0.15) is 0 Å². The maximum atomic E-state index is 10.3. The molecule has 0 bridgehead atoms. The smallest absolute Gasteiger partial charge is 0.0806 e. The summed E-state index contributed by atoms with van der Waals surface area (Å²) in [7, 11) is 0. The molecule has 2 aromatic rings. The van der Waals surface area contributed by atoms with Gasteiger partial charge in [-0.05, 0) is 43.2 Å². The van der Waals surface area contributed by atoms with Gasteiger partial charge in [-0.15, -0.1) is 0 Å². The predicted molar refractivity (Wildman–Crippen MR) is 88.0 cm³/mol. The Morgan fingerprint density at radius 3 is 2.30 bits per heavy atom. The third-order valence-corrected chi connectivity index (χ3v) is 3.96. The highest BCUT2D eigenvalue weighted by Gasteiger charge is 2.10. The van der Waals surface area contributed by atoms with Gasteiger partial charge in [0.25, 0.3) is 0 Å². The summed E-state index contributed by atoms with van der Waals surface area (Å²) >= 11 is 3.41. The van der Waals surface area contributed by atoms with E-state index in [-0.39, 0.29) is 0 Å². The first kappa shape index (κ1) is 15.1. The van der Waals surface area contributed by atoms with Gasteiger partial charge in [-0.3, -0.25) is 0 Å². The lowest BCUT2D eigenvalue weighted by Gasteiger charge is -2.24. The van der Waals surface area contributed by atoms with Crippen LogP contribution in [0.15, 0.2) is 59.1 Å². The van der Waals surface area contributed by atoms with Crippen molar-refractivity contribution < 1.29 is 5.11 Å². The van der Waals surface area contributed by atoms with Crippen molar-refractivity contribution in [1.82, 2.24) is 0 Å². The monoisotopic (exact) mass is 333 g/mol. The van der Waals surface area contributed by atoms with Gasteiger partial charge in [0.1, 0.15) is 0 Å². The Kier molecular flexibility index (Phi) is 5.62. The molecule has 2 rings (SSSR count). The zero-order chi connectivity index (χ0) is 14.4. The van der Waals surface area contributed by atoms with Gasteiger partial charge in [0.05, 0.1) is 6.10 Å². The van der Waals surface area contributed by atoms with Gasteiger partial charge in [-0.25, -0.2) is 0 Å². The molecule has 0 aromatic heterocycles. The molecule has 106 valence electrons. The second kappa shape index (κ2) is 7.46. The Hall–Kier alpha value is -1.32. The molecule has 0 saturated carbocycles. The number of rotatable bonds is 6. The molecule has 0 radical (unpaired) electrons. The largest absolute Gasteiger partial charge is 0.388 e. The normalized spacial score (nSPS) is 12.2. The van der Waals surface area contributed by atoms with Crippen LogP contribution in [0.3, 0.4) is 0 Å². The molecule has 2 nitrogen and oxygen atoms in total. The zero-order valence-electron chi connectivity index (χ0n) is 11.7. The average Bonchev–Trinajstić information content (AvgIpc) is 2.49. The molecule has 0 fully saturated rings. The molecule has 0 aliphatic heterocycles. The molecule has 0 saturated heterocycles. The lowest BCUT2D eigenvalue weighted by molar-refractivity contribution is 0.169. The molecule has 0 aliphatic carbocycles. The summed E-state index contributed by atoms with van der Waals surface area (Å²) in [6.07, 6.45) is 0.311. The van der Waals surface area contributed by atoms with E-state index in [1.807, 2.05) is 42.5 Å². The summed E-state index contributed by atoms with van der Waals surface area (Å²) in [5.41, 5.74) is 2.18. The molecule has 0 heterocycles. The van der Waals surface area contributed by atoms with Crippen LogP contribution in [0, 0.1) is 0 Å². The summed E-state index contributed by atoms with van der Waals surface area (Å²) in [5.74, 6) is 0. The van der Waals surface area contributed by atoms with Crippen LogP contribution < -0.4 is 4.90 Å². The van der Waals surface area contributed by atoms with E-state index in [0.717, 1.165) is 29.5 Å². The first-order valence-corrected chi connectivity index (χ1v) is 7.73. The number of benzene rings is 2. The summed E-state index contributed by atoms with van der Waals surface area (Å²) in [5, 5.41) is 10.3. The first-order chi connectivity index (χ1) is 9.70. The molecule has 1 atom stereocenters. The number of anilines is 1. The predicted octanol–water partition coefficient (Wildman–Crippen LogP) is 4.40. The number of para-hydroxylation sites is 1. The van der Waals surface area contributed by atoms with Crippen LogP contribution in [-0.2, 0) is 0 Å². The number of hydrogen-bond acceptors (Lipinski definition) is 2. The van der Waals surface area contributed by atoms with Crippen LogP contribution >= 0.6 is 15.9 Å².